The van der Waals surface area contributed by atoms with Crippen molar-refractivity contribution >= 4 is 5.91 Å². The number of carbonyl (C=O) groups is 1. The Morgan fingerprint density at radius 2 is 1.96 bits per heavy atom. The van der Waals surface area contributed by atoms with E-state index in [0.29, 0.717) is 12.5 Å². The molecule has 3 atom stereocenters. The zero-order chi connectivity index (χ0) is 17.0. The molecule has 1 aromatic carbocycles. The molecule has 1 saturated carbocycles. The number of halogens is 3. The van der Waals surface area contributed by atoms with Gasteiger partial charge < -0.3 is 11.1 Å². The molecule has 1 aliphatic rings. The molecular weight excluding hydrogens is 305 g/mol. The highest BCUT2D eigenvalue weighted by Gasteiger charge is 2.30. The molecule has 6 heteroatoms. The van der Waals surface area contributed by atoms with Gasteiger partial charge >= 0.3 is 6.18 Å². The lowest BCUT2D eigenvalue weighted by Crippen LogP contribution is -2.40. The monoisotopic (exact) mass is 328 g/mol. The third-order valence-corrected chi connectivity index (χ3v) is 4.61. The average Bonchev–Trinajstić information content (AvgIpc) is 2.93. The highest BCUT2D eigenvalue weighted by molar-refractivity contribution is 5.77. The summed E-state index contributed by atoms with van der Waals surface area (Å²) in [5.41, 5.74) is 5.76. The molecule has 1 aromatic rings. The summed E-state index contributed by atoms with van der Waals surface area (Å²) < 4.78 is 37.7. The summed E-state index contributed by atoms with van der Waals surface area (Å²) in [4.78, 5) is 12.1. The van der Waals surface area contributed by atoms with Crippen molar-refractivity contribution in [2.45, 2.75) is 50.7 Å². The zero-order valence-electron chi connectivity index (χ0n) is 13.2. The van der Waals surface area contributed by atoms with Gasteiger partial charge in [-0.3, -0.25) is 4.79 Å². The predicted molar refractivity (Wildman–Crippen MR) is 82.8 cm³/mol. The summed E-state index contributed by atoms with van der Waals surface area (Å²) in [6, 6.07) is 5.14. The second-order valence-electron chi connectivity index (χ2n) is 6.33. The van der Waals surface area contributed by atoms with Crippen molar-refractivity contribution in [3.8, 4) is 0 Å². The highest BCUT2D eigenvalue weighted by Crippen LogP contribution is 2.31. The molecule has 1 amide bonds. The number of hydrogen-bond donors (Lipinski definition) is 2. The summed E-state index contributed by atoms with van der Waals surface area (Å²) >= 11 is 0. The number of nitrogens with one attached hydrogen (secondary N) is 1. The fraction of sp³-hybridized carbons (Fsp3) is 0.588. The topological polar surface area (TPSA) is 55.1 Å². The maximum absolute atomic E-state index is 12.6. The summed E-state index contributed by atoms with van der Waals surface area (Å²) in [5, 5.41) is 3.02. The van der Waals surface area contributed by atoms with E-state index in [-0.39, 0.29) is 24.3 Å². The SMILES string of the molecule is CC(CC(=O)NC1CCCC1CN)c1ccc(C(F)(F)F)cc1. The number of benzene rings is 1. The Bertz CT molecular complexity index is 528. The quantitative estimate of drug-likeness (QED) is 0.870. The van der Waals surface area contributed by atoms with Crippen LogP contribution in [-0.2, 0) is 11.0 Å². The van der Waals surface area contributed by atoms with E-state index in [9.17, 15) is 18.0 Å². The van der Waals surface area contributed by atoms with Crippen LogP contribution >= 0.6 is 0 Å². The number of nitrogens with two attached hydrogens (primary N) is 1. The van der Waals surface area contributed by atoms with Gasteiger partial charge in [0.15, 0.2) is 0 Å². The molecule has 0 spiro atoms. The number of carbonyl (C=O) groups excluding carboxylic acids is 1. The minimum Gasteiger partial charge on any atom is -0.353 e. The fourth-order valence-corrected chi connectivity index (χ4v) is 3.17. The molecule has 128 valence electrons. The van der Waals surface area contributed by atoms with Gasteiger partial charge in [0.2, 0.25) is 5.91 Å². The first-order valence-corrected chi connectivity index (χ1v) is 7.98. The van der Waals surface area contributed by atoms with Crippen LogP contribution in [0.4, 0.5) is 13.2 Å². The Hall–Kier alpha value is -1.56. The molecule has 0 saturated heterocycles. The van der Waals surface area contributed by atoms with E-state index in [1.165, 1.54) is 12.1 Å². The normalized spacial score (nSPS) is 22.8. The van der Waals surface area contributed by atoms with E-state index in [1.807, 2.05) is 6.92 Å². The molecule has 2 rings (SSSR count). The summed E-state index contributed by atoms with van der Waals surface area (Å²) in [7, 11) is 0. The van der Waals surface area contributed by atoms with Gasteiger partial charge in [-0.1, -0.05) is 25.5 Å². The van der Waals surface area contributed by atoms with Crippen LogP contribution in [0.2, 0.25) is 0 Å². The molecule has 3 nitrogen and oxygen atoms in total. The van der Waals surface area contributed by atoms with Crippen molar-refractivity contribution < 1.29 is 18.0 Å². The molecule has 1 aliphatic carbocycles. The average molecular weight is 328 g/mol. The Morgan fingerprint density at radius 1 is 1.30 bits per heavy atom. The van der Waals surface area contributed by atoms with E-state index < -0.39 is 11.7 Å². The summed E-state index contributed by atoms with van der Waals surface area (Å²) in [6.45, 7) is 2.41. The first-order valence-electron chi connectivity index (χ1n) is 7.98. The van der Waals surface area contributed by atoms with Crippen molar-refractivity contribution in [1.82, 2.24) is 5.32 Å². The molecule has 3 N–H and O–H groups in total. The fourth-order valence-electron chi connectivity index (χ4n) is 3.17. The molecule has 0 radical (unpaired) electrons. The van der Waals surface area contributed by atoms with E-state index in [2.05, 4.69) is 5.32 Å². The van der Waals surface area contributed by atoms with Crippen LogP contribution < -0.4 is 11.1 Å². The molecular formula is C17H23F3N2O. The van der Waals surface area contributed by atoms with Crippen LogP contribution in [0.15, 0.2) is 24.3 Å². The predicted octanol–water partition coefficient (Wildman–Crippen LogP) is 3.44. The van der Waals surface area contributed by atoms with Gasteiger partial charge in [-0.25, -0.2) is 0 Å². The maximum atomic E-state index is 12.6. The van der Waals surface area contributed by atoms with Crippen LogP contribution in [0.5, 0.6) is 0 Å². The van der Waals surface area contributed by atoms with Crippen molar-refractivity contribution in [2.75, 3.05) is 6.54 Å². The summed E-state index contributed by atoms with van der Waals surface area (Å²) in [6.07, 6.45) is -1.02. The van der Waals surface area contributed by atoms with Crippen molar-refractivity contribution in [2.24, 2.45) is 11.7 Å². The Balaban J connectivity index is 1.90. The smallest absolute Gasteiger partial charge is 0.353 e. The third kappa shape index (κ3) is 4.70. The maximum Gasteiger partial charge on any atom is 0.416 e. The minimum absolute atomic E-state index is 0.0669. The first kappa shape index (κ1) is 17.8. The van der Waals surface area contributed by atoms with E-state index in [4.69, 9.17) is 5.73 Å². The second-order valence-corrected chi connectivity index (χ2v) is 6.33. The van der Waals surface area contributed by atoms with Crippen LogP contribution in [0.25, 0.3) is 0 Å². The van der Waals surface area contributed by atoms with Gasteiger partial charge in [-0.05, 0) is 48.9 Å². The van der Waals surface area contributed by atoms with Gasteiger partial charge in [0.1, 0.15) is 0 Å². The highest BCUT2D eigenvalue weighted by atomic mass is 19.4. The van der Waals surface area contributed by atoms with Crippen LogP contribution in [0.3, 0.4) is 0 Å². The minimum atomic E-state index is -4.33. The molecule has 0 aliphatic heterocycles. The van der Waals surface area contributed by atoms with Gasteiger partial charge in [0.25, 0.3) is 0 Å². The molecule has 0 bridgehead atoms. The lowest BCUT2D eigenvalue weighted by molar-refractivity contribution is -0.137. The van der Waals surface area contributed by atoms with Gasteiger partial charge in [0, 0.05) is 12.5 Å². The largest absolute Gasteiger partial charge is 0.416 e. The van der Waals surface area contributed by atoms with E-state index in [0.717, 1.165) is 37.0 Å². The van der Waals surface area contributed by atoms with Gasteiger partial charge in [-0.2, -0.15) is 13.2 Å². The van der Waals surface area contributed by atoms with Crippen LogP contribution in [-0.4, -0.2) is 18.5 Å². The van der Waals surface area contributed by atoms with Crippen LogP contribution in [0, 0.1) is 5.92 Å². The van der Waals surface area contributed by atoms with Gasteiger partial charge in [0.05, 0.1) is 5.56 Å². The lowest BCUT2D eigenvalue weighted by Gasteiger charge is -2.21. The molecule has 3 unspecified atom stereocenters. The number of hydrogen-bond acceptors (Lipinski definition) is 2. The standard InChI is InChI=1S/C17H23F3N2O/c1-11(12-5-7-14(8-6-12)17(18,19)20)9-16(23)22-15-4-2-3-13(15)10-21/h5-8,11,13,15H,2-4,9-10,21H2,1H3,(H,22,23). The van der Waals surface area contributed by atoms with Crippen molar-refractivity contribution in [3.05, 3.63) is 35.4 Å². The van der Waals surface area contributed by atoms with E-state index >= 15 is 0 Å². The number of rotatable bonds is 5. The van der Waals surface area contributed by atoms with Crippen molar-refractivity contribution in [3.63, 3.8) is 0 Å². The van der Waals surface area contributed by atoms with Crippen LogP contribution in [0.1, 0.15) is 49.7 Å². The molecule has 1 fully saturated rings. The Morgan fingerprint density at radius 3 is 2.52 bits per heavy atom. The zero-order valence-corrected chi connectivity index (χ0v) is 13.2. The molecule has 0 aromatic heterocycles. The Kier molecular flexibility index (Phi) is 5.68. The van der Waals surface area contributed by atoms with E-state index in [1.54, 1.807) is 0 Å². The second kappa shape index (κ2) is 7.34. The Labute approximate surface area is 134 Å². The lowest BCUT2D eigenvalue weighted by atomic mass is 9.95. The number of alkyl halides is 3. The summed E-state index contributed by atoms with van der Waals surface area (Å²) in [5.74, 6) is 0.137. The third-order valence-electron chi connectivity index (χ3n) is 4.61. The molecule has 23 heavy (non-hydrogen) atoms. The van der Waals surface area contributed by atoms with Crippen molar-refractivity contribution in [1.29, 1.82) is 0 Å². The molecule has 0 heterocycles. The van der Waals surface area contributed by atoms with Gasteiger partial charge in [-0.15, -0.1) is 0 Å². The first-order chi connectivity index (χ1) is 10.8. The number of amides is 1.